The Morgan fingerprint density at radius 2 is 2.15 bits per heavy atom. The Hall–Kier alpha value is -0.780. The van der Waals surface area contributed by atoms with Crippen LogP contribution in [0.15, 0.2) is 23.1 Å². The van der Waals surface area contributed by atoms with Gasteiger partial charge in [-0.05, 0) is 31.4 Å². The zero-order valence-electron chi connectivity index (χ0n) is 11.8. The first-order valence-electron chi connectivity index (χ1n) is 6.86. The zero-order valence-corrected chi connectivity index (χ0v) is 13.4. The molecule has 20 heavy (non-hydrogen) atoms. The van der Waals surface area contributed by atoms with Crippen LogP contribution in [0.1, 0.15) is 32.6 Å². The molecule has 6 heteroatoms. The van der Waals surface area contributed by atoms with Crippen LogP contribution < -0.4 is 4.74 Å². The SMILES string of the molecule is CC[C@H]1CCCCN1S(=O)(=O)c1ccc(Cl)c(OC)c1. The van der Waals surface area contributed by atoms with Crippen molar-refractivity contribution in [1.82, 2.24) is 4.31 Å². The smallest absolute Gasteiger partial charge is 0.243 e. The predicted molar refractivity (Wildman–Crippen MR) is 79.8 cm³/mol. The molecule has 0 saturated carbocycles. The van der Waals surface area contributed by atoms with Gasteiger partial charge in [0.15, 0.2) is 0 Å². The quantitative estimate of drug-likeness (QED) is 0.856. The molecule has 1 aromatic rings. The van der Waals surface area contributed by atoms with E-state index in [1.165, 1.54) is 13.2 Å². The van der Waals surface area contributed by atoms with Crippen LogP contribution in [0, 0.1) is 0 Å². The van der Waals surface area contributed by atoms with Crippen molar-refractivity contribution in [2.45, 2.75) is 43.5 Å². The largest absolute Gasteiger partial charge is 0.495 e. The first kappa shape index (κ1) is 15.6. The van der Waals surface area contributed by atoms with Crippen molar-refractivity contribution < 1.29 is 13.2 Å². The molecule has 0 N–H and O–H groups in total. The summed E-state index contributed by atoms with van der Waals surface area (Å²) in [6, 6.07) is 4.70. The minimum Gasteiger partial charge on any atom is -0.495 e. The van der Waals surface area contributed by atoms with Gasteiger partial charge < -0.3 is 4.74 Å². The molecule has 1 atom stereocenters. The molecule has 112 valence electrons. The Morgan fingerprint density at radius 1 is 1.40 bits per heavy atom. The number of ether oxygens (including phenoxy) is 1. The van der Waals surface area contributed by atoms with E-state index in [4.69, 9.17) is 16.3 Å². The second-order valence-corrected chi connectivity index (χ2v) is 7.27. The van der Waals surface area contributed by atoms with Crippen LogP contribution in [-0.4, -0.2) is 32.4 Å². The fraction of sp³-hybridized carbons (Fsp3) is 0.571. The summed E-state index contributed by atoms with van der Waals surface area (Å²) in [5.74, 6) is 0.387. The van der Waals surface area contributed by atoms with Gasteiger partial charge in [-0.1, -0.05) is 24.9 Å². The van der Waals surface area contributed by atoms with Crippen molar-refractivity contribution in [3.8, 4) is 5.75 Å². The van der Waals surface area contributed by atoms with Crippen LogP contribution in [0.25, 0.3) is 0 Å². The third-order valence-electron chi connectivity index (χ3n) is 3.77. The number of benzene rings is 1. The second kappa shape index (κ2) is 6.33. The van der Waals surface area contributed by atoms with E-state index in [2.05, 4.69) is 0 Å². The van der Waals surface area contributed by atoms with Gasteiger partial charge in [-0.15, -0.1) is 0 Å². The van der Waals surface area contributed by atoms with Gasteiger partial charge in [-0.25, -0.2) is 8.42 Å². The van der Waals surface area contributed by atoms with Crippen molar-refractivity contribution >= 4 is 21.6 Å². The summed E-state index contributed by atoms with van der Waals surface area (Å²) in [6.45, 7) is 2.62. The second-order valence-electron chi connectivity index (χ2n) is 4.97. The van der Waals surface area contributed by atoms with Crippen LogP contribution in [0.3, 0.4) is 0 Å². The Kier molecular flexibility index (Phi) is 4.94. The molecule has 4 nitrogen and oxygen atoms in total. The summed E-state index contributed by atoms with van der Waals surface area (Å²) >= 11 is 5.95. The molecular formula is C14H20ClNO3S. The van der Waals surface area contributed by atoms with E-state index in [9.17, 15) is 8.42 Å². The summed E-state index contributed by atoms with van der Waals surface area (Å²) < 4.78 is 32.3. The van der Waals surface area contributed by atoms with E-state index in [-0.39, 0.29) is 10.9 Å². The van der Waals surface area contributed by atoms with Crippen LogP contribution in [0.4, 0.5) is 0 Å². The van der Waals surface area contributed by atoms with Crippen molar-refractivity contribution in [2.24, 2.45) is 0 Å². The topological polar surface area (TPSA) is 46.6 Å². The molecule has 1 aromatic carbocycles. The lowest BCUT2D eigenvalue weighted by Crippen LogP contribution is -2.43. The first-order chi connectivity index (χ1) is 9.50. The highest BCUT2D eigenvalue weighted by atomic mass is 35.5. The number of halogens is 1. The average Bonchev–Trinajstić information content (AvgIpc) is 2.47. The Morgan fingerprint density at radius 3 is 2.80 bits per heavy atom. The zero-order chi connectivity index (χ0) is 14.8. The van der Waals surface area contributed by atoms with Crippen molar-refractivity contribution in [3.63, 3.8) is 0 Å². The molecule has 1 fully saturated rings. The Bertz CT molecular complexity index is 574. The van der Waals surface area contributed by atoms with Gasteiger partial charge in [-0.3, -0.25) is 0 Å². The molecule has 0 amide bonds. The van der Waals surface area contributed by atoms with Gasteiger partial charge in [-0.2, -0.15) is 4.31 Å². The standard InChI is InChI=1S/C14H20ClNO3S/c1-3-11-6-4-5-9-16(11)20(17,18)12-7-8-13(15)14(10-12)19-2/h7-8,10-11H,3-6,9H2,1-2H3/t11-/m0/s1. The van der Waals surface area contributed by atoms with Crippen molar-refractivity contribution in [1.29, 1.82) is 0 Å². The van der Waals surface area contributed by atoms with Crippen LogP contribution >= 0.6 is 11.6 Å². The summed E-state index contributed by atoms with van der Waals surface area (Å²) in [6.07, 6.45) is 3.78. The number of rotatable bonds is 4. The summed E-state index contributed by atoms with van der Waals surface area (Å²) in [5, 5.41) is 0.414. The predicted octanol–water partition coefficient (Wildman–Crippen LogP) is 3.30. The third kappa shape index (κ3) is 2.95. The summed E-state index contributed by atoms with van der Waals surface area (Å²) in [7, 11) is -2.00. The van der Waals surface area contributed by atoms with Gasteiger partial charge >= 0.3 is 0 Å². The van der Waals surface area contributed by atoms with E-state index in [1.807, 2.05) is 6.92 Å². The van der Waals surface area contributed by atoms with Gasteiger partial charge in [0.2, 0.25) is 10.0 Å². The van der Waals surface area contributed by atoms with Gasteiger partial charge in [0, 0.05) is 18.7 Å². The lowest BCUT2D eigenvalue weighted by Gasteiger charge is -2.34. The molecule has 1 aliphatic heterocycles. The maximum Gasteiger partial charge on any atom is 0.243 e. The minimum atomic E-state index is -3.48. The first-order valence-corrected chi connectivity index (χ1v) is 8.68. The molecule has 0 bridgehead atoms. The molecule has 1 heterocycles. The average molecular weight is 318 g/mol. The van der Waals surface area contributed by atoms with E-state index in [0.29, 0.717) is 17.3 Å². The molecule has 0 aromatic heterocycles. The van der Waals surface area contributed by atoms with Crippen molar-refractivity contribution in [3.05, 3.63) is 23.2 Å². The normalized spacial score (nSPS) is 20.9. The lowest BCUT2D eigenvalue weighted by atomic mass is 10.0. The van der Waals surface area contributed by atoms with E-state index >= 15 is 0 Å². The minimum absolute atomic E-state index is 0.0930. The number of hydrogen-bond donors (Lipinski definition) is 0. The number of hydrogen-bond acceptors (Lipinski definition) is 3. The monoisotopic (exact) mass is 317 g/mol. The number of sulfonamides is 1. The highest BCUT2D eigenvalue weighted by Crippen LogP contribution is 2.31. The van der Waals surface area contributed by atoms with Crippen LogP contribution in [0.5, 0.6) is 5.75 Å². The van der Waals surface area contributed by atoms with E-state index in [0.717, 1.165) is 25.7 Å². The Balaban J connectivity index is 2.38. The lowest BCUT2D eigenvalue weighted by molar-refractivity contribution is 0.246. The maximum absolute atomic E-state index is 12.8. The van der Waals surface area contributed by atoms with Crippen LogP contribution in [0.2, 0.25) is 5.02 Å². The molecule has 1 aliphatic rings. The fourth-order valence-corrected chi connectivity index (χ4v) is 4.61. The van der Waals surface area contributed by atoms with E-state index in [1.54, 1.807) is 16.4 Å². The highest BCUT2D eigenvalue weighted by molar-refractivity contribution is 7.89. The molecule has 0 aliphatic carbocycles. The number of methoxy groups -OCH3 is 1. The molecular weight excluding hydrogens is 298 g/mol. The molecule has 0 radical (unpaired) electrons. The number of piperidine rings is 1. The van der Waals surface area contributed by atoms with E-state index < -0.39 is 10.0 Å². The third-order valence-corrected chi connectivity index (χ3v) is 6.03. The molecule has 2 rings (SSSR count). The fourth-order valence-electron chi connectivity index (χ4n) is 2.63. The van der Waals surface area contributed by atoms with Crippen LogP contribution in [-0.2, 0) is 10.0 Å². The van der Waals surface area contributed by atoms with Crippen molar-refractivity contribution in [2.75, 3.05) is 13.7 Å². The summed E-state index contributed by atoms with van der Waals surface area (Å²) in [4.78, 5) is 0.249. The van der Waals surface area contributed by atoms with Gasteiger partial charge in [0.05, 0.1) is 17.0 Å². The molecule has 0 spiro atoms. The summed E-state index contributed by atoms with van der Waals surface area (Å²) in [5.41, 5.74) is 0. The molecule has 1 saturated heterocycles. The number of nitrogens with zero attached hydrogens (tertiary/aromatic N) is 1. The molecule has 0 unspecified atom stereocenters. The van der Waals surface area contributed by atoms with Gasteiger partial charge in [0.1, 0.15) is 5.75 Å². The highest BCUT2D eigenvalue weighted by Gasteiger charge is 2.32. The van der Waals surface area contributed by atoms with Gasteiger partial charge in [0.25, 0.3) is 0 Å². The maximum atomic E-state index is 12.8. The Labute approximate surface area is 125 Å².